The first kappa shape index (κ1) is 17.9. The van der Waals surface area contributed by atoms with Gasteiger partial charge in [0.15, 0.2) is 0 Å². The highest BCUT2D eigenvalue weighted by atomic mass is 32.1. The Hall–Kier alpha value is -1.40. The number of aryl methyl sites for hydroxylation is 2. The fourth-order valence-corrected chi connectivity index (χ4v) is 3.42. The molecule has 2 nitrogen and oxygen atoms in total. The number of hydrogen-bond donors (Lipinski definition) is 1. The molecule has 0 aliphatic heterocycles. The van der Waals surface area contributed by atoms with Crippen LogP contribution in [-0.4, -0.2) is 10.1 Å². The van der Waals surface area contributed by atoms with Crippen molar-refractivity contribution in [3.8, 4) is 10.6 Å². The van der Waals surface area contributed by atoms with Gasteiger partial charge in [-0.25, -0.2) is 4.98 Å². The van der Waals surface area contributed by atoms with Crippen LogP contribution >= 0.6 is 11.3 Å². The van der Waals surface area contributed by atoms with Gasteiger partial charge in [-0.3, -0.25) is 0 Å². The lowest BCUT2D eigenvalue weighted by Crippen LogP contribution is -2.06. The molecular formula is C17H20F3NOS. The van der Waals surface area contributed by atoms with Crippen LogP contribution in [0.4, 0.5) is 13.2 Å². The van der Waals surface area contributed by atoms with Crippen molar-refractivity contribution in [3.63, 3.8) is 0 Å². The summed E-state index contributed by atoms with van der Waals surface area (Å²) in [5, 5.41) is 9.97. The van der Waals surface area contributed by atoms with E-state index >= 15 is 0 Å². The average Bonchev–Trinajstić information content (AvgIpc) is 2.87. The first-order valence-corrected chi connectivity index (χ1v) is 8.46. The third-order valence-electron chi connectivity index (χ3n) is 3.75. The summed E-state index contributed by atoms with van der Waals surface area (Å²) >= 11 is 1.34. The first-order valence-electron chi connectivity index (χ1n) is 7.64. The Balaban J connectivity index is 2.43. The quantitative estimate of drug-likeness (QED) is 0.716. The molecule has 2 aromatic rings. The molecule has 0 spiro atoms. The normalized spacial score (nSPS) is 11.9. The van der Waals surface area contributed by atoms with Crippen LogP contribution in [0, 0.1) is 6.92 Å². The van der Waals surface area contributed by atoms with Crippen molar-refractivity contribution < 1.29 is 18.3 Å². The second kappa shape index (κ2) is 7.45. The monoisotopic (exact) mass is 343 g/mol. The van der Waals surface area contributed by atoms with Gasteiger partial charge in [-0.2, -0.15) is 13.2 Å². The molecule has 126 valence electrons. The van der Waals surface area contributed by atoms with E-state index in [0.29, 0.717) is 17.0 Å². The van der Waals surface area contributed by atoms with Crippen LogP contribution in [-0.2, 0) is 19.2 Å². The van der Waals surface area contributed by atoms with E-state index in [0.717, 1.165) is 41.5 Å². The maximum Gasteiger partial charge on any atom is 0.416 e. The molecule has 2 rings (SSSR count). The van der Waals surface area contributed by atoms with Crippen molar-refractivity contribution in [1.29, 1.82) is 0 Å². The van der Waals surface area contributed by atoms with Gasteiger partial charge in [-0.1, -0.05) is 25.8 Å². The SMILES string of the molecule is CCCCCc1cc(C(F)(F)F)ccc1-c1nc(C)c(CO)s1. The Morgan fingerprint density at radius 2 is 1.96 bits per heavy atom. The summed E-state index contributed by atoms with van der Waals surface area (Å²) in [6, 6.07) is 3.85. The van der Waals surface area contributed by atoms with E-state index in [1.165, 1.54) is 23.5 Å². The van der Waals surface area contributed by atoms with Crippen molar-refractivity contribution in [2.24, 2.45) is 0 Å². The molecule has 0 saturated heterocycles. The minimum atomic E-state index is -4.34. The average molecular weight is 343 g/mol. The van der Waals surface area contributed by atoms with Crippen molar-refractivity contribution in [1.82, 2.24) is 4.98 Å². The maximum atomic E-state index is 13.0. The zero-order valence-electron chi connectivity index (χ0n) is 13.2. The van der Waals surface area contributed by atoms with Gasteiger partial charge in [0.1, 0.15) is 5.01 Å². The predicted molar refractivity (Wildman–Crippen MR) is 86.4 cm³/mol. The van der Waals surface area contributed by atoms with Gasteiger partial charge in [0.25, 0.3) is 0 Å². The zero-order valence-corrected chi connectivity index (χ0v) is 14.0. The van der Waals surface area contributed by atoms with Crippen LogP contribution in [0.1, 0.15) is 47.9 Å². The number of rotatable bonds is 6. The largest absolute Gasteiger partial charge is 0.416 e. The van der Waals surface area contributed by atoms with Crippen molar-refractivity contribution >= 4 is 11.3 Å². The van der Waals surface area contributed by atoms with Crippen molar-refractivity contribution in [2.45, 2.75) is 52.3 Å². The Labute approximate surface area is 138 Å². The Morgan fingerprint density at radius 3 is 2.52 bits per heavy atom. The van der Waals surface area contributed by atoms with E-state index in [-0.39, 0.29) is 6.61 Å². The number of hydrogen-bond acceptors (Lipinski definition) is 3. The smallest absolute Gasteiger partial charge is 0.391 e. The lowest BCUT2D eigenvalue weighted by molar-refractivity contribution is -0.137. The molecule has 0 bridgehead atoms. The number of aliphatic hydroxyl groups is 1. The molecule has 1 aromatic heterocycles. The number of halogens is 3. The Morgan fingerprint density at radius 1 is 1.22 bits per heavy atom. The summed E-state index contributed by atoms with van der Waals surface area (Å²) in [5.41, 5.74) is 1.52. The minimum absolute atomic E-state index is 0.102. The van der Waals surface area contributed by atoms with Crippen LogP contribution in [0.25, 0.3) is 10.6 Å². The molecular weight excluding hydrogens is 323 g/mol. The fourth-order valence-electron chi connectivity index (χ4n) is 2.44. The highest BCUT2D eigenvalue weighted by Crippen LogP contribution is 2.36. The van der Waals surface area contributed by atoms with Gasteiger partial charge in [0, 0.05) is 5.56 Å². The highest BCUT2D eigenvalue weighted by molar-refractivity contribution is 7.15. The number of unbranched alkanes of at least 4 members (excludes halogenated alkanes) is 2. The van der Waals surface area contributed by atoms with Crippen LogP contribution in [0.3, 0.4) is 0 Å². The summed E-state index contributed by atoms with van der Waals surface area (Å²) in [6.07, 6.45) is -0.900. The van der Waals surface area contributed by atoms with Gasteiger partial charge in [-0.05, 0) is 37.5 Å². The molecule has 1 heterocycles. The third-order valence-corrected chi connectivity index (χ3v) is 4.92. The van der Waals surface area contributed by atoms with Gasteiger partial charge < -0.3 is 5.11 Å². The van der Waals surface area contributed by atoms with Gasteiger partial charge in [0.05, 0.1) is 22.7 Å². The van der Waals surface area contributed by atoms with E-state index in [2.05, 4.69) is 11.9 Å². The van der Waals surface area contributed by atoms with Crippen LogP contribution < -0.4 is 0 Å². The number of aromatic nitrogens is 1. The molecule has 0 atom stereocenters. The van der Waals surface area contributed by atoms with Crippen molar-refractivity contribution in [2.75, 3.05) is 0 Å². The molecule has 0 unspecified atom stereocenters. The van der Waals surface area contributed by atoms with Gasteiger partial charge >= 0.3 is 6.18 Å². The summed E-state index contributed by atoms with van der Waals surface area (Å²) in [5.74, 6) is 0. The lowest BCUT2D eigenvalue weighted by atomic mass is 9.98. The van der Waals surface area contributed by atoms with Crippen LogP contribution in [0.2, 0.25) is 0 Å². The van der Waals surface area contributed by atoms with Crippen LogP contribution in [0.15, 0.2) is 18.2 Å². The molecule has 0 amide bonds. The molecule has 23 heavy (non-hydrogen) atoms. The highest BCUT2D eigenvalue weighted by Gasteiger charge is 2.31. The zero-order chi connectivity index (χ0) is 17.0. The van der Waals surface area contributed by atoms with E-state index in [9.17, 15) is 18.3 Å². The Bertz CT molecular complexity index is 664. The van der Waals surface area contributed by atoms with Gasteiger partial charge in [0.2, 0.25) is 0 Å². The van der Waals surface area contributed by atoms with E-state index < -0.39 is 11.7 Å². The standard InChI is InChI=1S/C17H20F3NOS/c1-3-4-5-6-12-9-13(17(18,19)20)7-8-14(12)16-21-11(2)15(10-22)23-16/h7-9,22H,3-6,10H2,1-2H3. The molecule has 6 heteroatoms. The third kappa shape index (κ3) is 4.32. The molecule has 0 aliphatic rings. The molecule has 1 aromatic carbocycles. The second-order valence-electron chi connectivity index (χ2n) is 5.51. The first-order chi connectivity index (χ1) is 10.9. The number of thiazole rings is 1. The topological polar surface area (TPSA) is 33.1 Å². The van der Waals surface area contributed by atoms with Crippen LogP contribution in [0.5, 0.6) is 0 Å². The molecule has 0 aliphatic carbocycles. The predicted octanol–water partition coefficient (Wildman–Crippen LogP) is 5.36. The summed E-state index contributed by atoms with van der Waals surface area (Å²) in [4.78, 5) is 5.16. The van der Waals surface area contributed by atoms with E-state index in [1.807, 2.05) is 0 Å². The number of aliphatic hydroxyl groups excluding tert-OH is 1. The van der Waals surface area contributed by atoms with Crippen molar-refractivity contribution in [3.05, 3.63) is 39.9 Å². The number of benzene rings is 1. The summed E-state index contributed by atoms with van der Waals surface area (Å²) < 4.78 is 38.9. The lowest BCUT2D eigenvalue weighted by Gasteiger charge is -2.12. The molecule has 1 N–H and O–H groups in total. The maximum absolute atomic E-state index is 13.0. The van der Waals surface area contributed by atoms with E-state index in [4.69, 9.17) is 0 Å². The molecule has 0 fully saturated rings. The number of nitrogens with zero attached hydrogens (tertiary/aromatic N) is 1. The summed E-state index contributed by atoms with van der Waals surface area (Å²) in [6.45, 7) is 3.76. The van der Waals surface area contributed by atoms with Gasteiger partial charge in [-0.15, -0.1) is 11.3 Å². The minimum Gasteiger partial charge on any atom is -0.391 e. The molecule has 0 saturated carbocycles. The Kier molecular flexibility index (Phi) is 5.81. The molecule has 0 radical (unpaired) electrons. The second-order valence-corrected chi connectivity index (χ2v) is 6.60. The fraction of sp³-hybridized carbons (Fsp3) is 0.471. The van der Waals surface area contributed by atoms with E-state index in [1.54, 1.807) is 6.92 Å². The number of alkyl halides is 3. The summed E-state index contributed by atoms with van der Waals surface area (Å²) in [7, 11) is 0.